The van der Waals surface area contributed by atoms with E-state index < -0.39 is 67.6 Å². The van der Waals surface area contributed by atoms with Gasteiger partial charge >= 0.3 is 12.0 Å². The number of sulfonamides is 1. The fourth-order valence-corrected chi connectivity index (χ4v) is 7.75. The molecule has 2 aromatic carbocycles. The van der Waals surface area contributed by atoms with Crippen molar-refractivity contribution >= 4 is 69.3 Å². The Morgan fingerprint density at radius 2 is 1.73 bits per heavy atom. The van der Waals surface area contributed by atoms with Gasteiger partial charge in [0.05, 0.1) is 11.1 Å². The van der Waals surface area contributed by atoms with E-state index in [4.69, 9.17) is 5.14 Å². The molecule has 49 heavy (non-hydrogen) atoms. The number of hydrogen-bond donors (Lipinski definition) is 9. The number of aromatic nitrogens is 2. The maximum absolute atomic E-state index is 13.7. The minimum atomic E-state index is -3.91. The third-order valence-electron chi connectivity index (χ3n) is 7.58. The first-order valence-electron chi connectivity index (χ1n) is 14.1. The second-order valence-electron chi connectivity index (χ2n) is 11.3. The number of rotatable bonds is 11. The molecule has 258 valence electrons. The van der Waals surface area contributed by atoms with Crippen LogP contribution in [0.15, 0.2) is 59.6 Å². The highest BCUT2D eigenvalue weighted by Gasteiger charge is 2.74. The van der Waals surface area contributed by atoms with Crippen molar-refractivity contribution in [3.05, 3.63) is 60.3 Å². The zero-order valence-corrected chi connectivity index (χ0v) is 27.1. The van der Waals surface area contributed by atoms with Crippen LogP contribution in [0.2, 0.25) is 0 Å². The second kappa shape index (κ2) is 12.7. The van der Waals surface area contributed by atoms with E-state index in [9.17, 15) is 47.7 Å². The number of anilines is 3. The summed E-state index contributed by atoms with van der Waals surface area (Å²) in [6, 6.07) is 5.13. The number of aromatic hydroxyl groups is 2. The number of aliphatic carboxylic acids is 1. The number of benzene rings is 2. The smallest absolute Gasteiger partial charge is 0.327 e. The Labute approximate surface area is 281 Å². The summed E-state index contributed by atoms with van der Waals surface area (Å²) in [7, 11) is -3.91. The van der Waals surface area contributed by atoms with Gasteiger partial charge in [0.2, 0.25) is 34.2 Å². The van der Waals surface area contributed by atoms with Gasteiger partial charge in [-0.25, -0.2) is 28.1 Å². The van der Waals surface area contributed by atoms with Crippen molar-refractivity contribution < 1.29 is 47.7 Å². The van der Waals surface area contributed by atoms with E-state index in [1.54, 1.807) is 13.8 Å². The van der Waals surface area contributed by atoms with Gasteiger partial charge in [-0.3, -0.25) is 19.3 Å². The number of fused-ring (bicyclic) bond motifs is 1. The number of carbonyl (C=O) groups excluding carboxylic acids is 4. The van der Waals surface area contributed by atoms with Gasteiger partial charge < -0.3 is 41.9 Å². The van der Waals surface area contributed by atoms with Crippen LogP contribution in [0.5, 0.6) is 11.6 Å². The summed E-state index contributed by atoms with van der Waals surface area (Å²) in [4.78, 5) is 70.7. The summed E-state index contributed by atoms with van der Waals surface area (Å²) in [6.45, 7) is 3.16. The number of primary sulfonamides is 1. The monoisotopic (exact) mass is 715 g/mol. The van der Waals surface area contributed by atoms with Crippen LogP contribution >= 0.6 is 11.8 Å². The number of phenolic OH excluding ortho intramolecular Hbond substituents is 1. The molecule has 0 bridgehead atoms. The van der Waals surface area contributed by atoms with Crippen LogP contribution in [0.3, 0.4) is 0 Å². The lowest BCUT2D eigenvalue weighted by Gasteiger charge is -2.52. The Kier molecular flexibility index (Phi) is 9.01. The van der Waals surface area contributed by atoms with Crippen molar-refractivity contribution in [3.63, 3.8) is 0 Å². The van der Waals surface area contributed by atoms with E-state index >= 15 is 0 Å². The first-order chi connectivity index (χ1) is 23.0. The maximum atomic E-state index is 13.7. The van der Waals surface area contributed by atoms with Gasteiger partial charge in [0.25, 0.3) is 5.91 Å². The maximum Gasteiger partial charge on any atom is 0.327 e. The summed E-state index contributed by atoms with van der Waals surface area (Å²) < 4.78 is 21.8. The highest BCUT2D eigenvalue weighted by atomic mass is 32.2. The highest BCUT2D eigenvalue weighted by molar-refractivity contribution is 8.02. The van der Waals surface area contributed by atoms with Gasteiger partial charge in [0.15, 0.2) is 11.0 Å². The molecule has 3 aromatic rings. The minimum absolute atomic E-state index is 0.122. The van der Waals surface area contributed by atoms with Crippen molar-refractivity contribution in [2.75, 3.05) is 10.6 Å². The molecule has 0 saturated carbocycles. The summed E-state index contributed by atoms with van der Waals surface area (Å²) in [5.41, 5.74) is 0.229. The number of carboxylic acids is 1. The van der Waals surface area contributed by atoms with Crippen molar-refractivity contribution in [3.8, 4) is 11.6 Å². The number of urea groups is 1. The van der Waals surface area contributed by atoms with Gasteiger partial charge in [0.1, 0.15) is 23.5 Å². The molecule has 2 fully saturated rings. The van der Waals surface area contributed by atoms with Crippen LogP contribution in [0, 0.1) is 0 Å². The summed E-state index contributed by atoms with van der Waals surface area (Å²) in [5, 5.41) is 47.6. The molecule has 2 saturated heterocycles. The lowest BCUT2D eigenvalue weighted by molar-refractivity contribution is -0.171. The molecule has 10 N–H and O–H groups in total. The van der Waals surface area contributed by atoms with E-state index in [2.05, 4.69) is 36.6 Å². The first kappa shape index (κ1) is 34.7. The molecular weight excluding hydrogens is 686 g/mol. The Bertz CT molecular complexity index is 1940. The number of phenols is 1. The molecular formula is C28H29N9O10S2. The van der Waals surface area contributed by atoms with Crippen molar-refractivity contribution in [2.24, 2.45) is 5.14 Å². The third-order valence-corrected chi connectivity index (χ3v) is 10.1. The number of nitrogens with zero attached hydrogens (tertiary/aromatic N) is 3. The number of thioether (sulfide) groups is 1. The number of nitrogens with one attached hydrogen (secondary N) is 5. The van der Waals surface area contributed by atoms with Crippen molar-refractivity contribution in [1.29, 1.82) is 0 Å². The van der Waals surface area contributed by atoms with Gasteiger partial charge in [-0.15, -0.1) is 11.8 Å². The molecule has 21 heteroatoms. The summed E-state index contributed by atoms with van der Waals surface area (Å²) >= 11 is 0.968. The highest BCUT2D eigenvalue weighted by Crippen LogP contribution is 2.57. The first-order valence-corrected chi connectivity index (χ1v) is 16.4. The van der Waals surface area contributed by atoms with E-state index in [1.807, 2.05) is 0 Å². The molecule has 0 aliphatic carbocycles. The van der Waals surface area contributed by atoms with Crippen molar-refractivity contribution in [1.82, 2.24) is 30.8 Å². The largest absolute Gasteiger partial charge is 0.508 e. The van der Waals surface area contributed by atoms with Crippen LogP contribution in [0.4, 0.5) is 22.1 Å². The molecule has 2 aliphatic rings. The molecule has 2 unspecified atom stereocenters. The van der Waals surface area contributed by atoms with Gasteiger partial charge in [-0.1, -0.05) is 12.1 Å². The van der Waals surface area contributed by atoms with Crippen LogP contribution in [-0.4, -0.2) is 90.7 Å². The molecule has 19 nitrogen and oxygen atoms in total. The predicted octanol–water partition coefficient (Wildman–Crippen LogP) is -0.153. The third kappa shape index (κ3) is 6.71. The van der Waals surface area contributed by atoms with Crippen molar-refractivity contribution in [2.45, 2.75) is 46.6 Å². The number of carboxylic acid groups (broad SMARTS) is 1. The molecule has 5 rings (SSSR count). The van der Waals surface area contributed by atoms with Crippen LogP contribution in [0.1, 0.15) is 25.5 Å². The van der Waals surface area contributed by atoms with E-state index in [-0.39, 0.29) is 34.3 Å². The Morgan fingerprint density at radius 1 is 1.08 bits per heavy atom. The molecule has 5 amide bonds. The number of amides is 5. The zero-order chi connectivity index (χ0) is 35.9. The number of hydrogen-bond acceptors (Lipinski definition) is 13. The molecule has 0 spiro atoms. The van der Waals surface area contributed by atoms with Gasteiger partial charge in [-0.05, 0) is 55.8 Å². The summed E-state index contributed by atoms with van der Waals surface area (Å²) in [6.07, 6.45) is 1.33. The topological polar surface area (TPSA) is 295 Å². The minimum Gasteiger partial charge on any atom is -0.508 e. The normalized spacial score (nSPS) is 21.4. The quantitative estimate of drug-likeness (QED) is 0.0922. The average Bonchev–Trinajstić information content (AvgIpc) is 3.24. The Morgan fingerprint density at radius 3 is 2.31 bits per heavy atom. The number of β-lactam (4-membered cyclic amide) rings is 1. The Hall–Kier alpha value is -5.67. The number of carbonyl (C=O) groups is 5. The fourth-order valence-electron chi connectivity index (χ4n) is 5.43. The lowest BCUT2D eigenvalue weighted by Crippen LogP contribution is -2.82. The lowest BCUT2D eigenvalue weighted by atomic mass is 9.92. The molecule has 4 atom stereocenters. The zero-order valence-electron chi connectivity index (χ0n) is 25.4. The SMILES string of the molecule is CC1(C)SC2(NC=O)[C@H](NC(=O)C(NC(=O)Nc3cnc(Nc4ccc(S(N)(=O)=O)cc4)nc3O)c3ccc(O)cc3)C(=O)N2[C@H]1C(=O)O. The van der Waals surface area contributed by atoms with Crippen LogP contribution in [0.25, 0.3) is 0 Å². The van der Waals surface area contributed by atoms with E-state index in [0.717, 1.165) is 22.9 Å². The average molecular weight is 716 g/mol. The number of nitrogens with two attached hydrogens (primary N) is 1. The van der Waals surface area contributed by atoms with E-state index in [0.29, 0.717) is 5.69 Å². The predicted molar refractivity (Wildman–Crippen MR) is 172 cm³/mol. The van der Waals surface area contributed by atoms with Crippen LogP contribution < -0.4 is 31.7 Å². The molecule has 3 heterocycles. The van der Waals surface area contributed by atoms with Crippen LogP contribution in [-0.2, 0) is 29.2 Å². The van der Waals surface area contributed by atoms with Gasteiger partial charge in [-0.2, -0.15) is 4.98 Å². The summed E-state index contributed by atoms with van der Waals surface area (Å²) in [5.74, 6) is -3.97. The molecule has 1 aromatic heterocycles. The van der Waals surface area contributed by atoms with E-state index in [1.165, 1.54) is 48.5 Å². The second-order valence-corrected chi connectivity index (χ2v) is 14.7. The molecule has 0 radical (unpaired) electrons. The van der Waals surface area contributed by atoms with Gasteiger partial charge in [0, 0.05) is 10.4 Å². The molecule has 2 aliphatic heterocycles. The Balaban J connectivity index is 1.32. The standard InChI is InChI=1S/C28H29N9O10S2/c1-27(2)20(24(43)44)37-23(42)19(28(37,48-27)31-12-38)35-22(41)18(13-3-7-15(39)8-4-13)34-26(45)33-17-11-30-25(36-21(17)40)32-14-5-9-16(10-6-14)49(29,46)47/h3-12,18-20,39H,1-2H3,(H,31,38)(H,35,41)(H,43,44)(H2,29,46,47)(H2,33,34,45)(H2,30,32,36,40)/t18?,19-,20+,28?/m1/s1. The fraction of sp³-hybridized carbons (Fsp3) is 0.250.